The number of piperidine rings is 3. The van der Waals surface area contributed by atoms with E-state index in [2.05, 4.69) is 25.8 Å². The highest BCUT2D eigenvalue weighted by molar-refractivity contribution is 9.10. The number of rotatable bonds is 11. The van der Waals surface area contributed by atoms with Crippen molar-refractivity contribution in [2.24, 2.45) is 5.92 Å². The summed E-state index contributed by atoms with van der Waals surface area (Å²) in [6, 6.07) is 16.2. The van der Waals surface area contributed by atoms with E-state index in [1.165, 1.54) is 43.6 Å². The van der Waals surface area contributed by atoms with Crippen LogP contribution in [0.3, 0.4) is 0 Å². The van der Waals surface area contributed by atoms with E-state index in [0.29, 0.717) is 49.3 Å². The first-order valence-corrected chi connectivity index (χ1v) is 17.6. The highest BCUT2D eigenvalue weighted by atomic mass is 79.9. The van der Waals surface area contributed by atoms with E-state index in [1.54, 1.807) is 48.5 Å². The van der Waals surface area contributed by atoms with Gasteiger partial charge in [0.05, 0.1) is 42.1 Å². The Kier molecular flexibility index (Phi) is 11.5. The van der Waals surface area contributed by atoms with E-state index >= 15 is 4.39 Å². The van der Waals surface area contributed by atoms with Crippen molar-refractivity contribution >= 4 is 56.9 Å². The van der Waals surface area contributed by atoms with Crippen molar-refractivity contribution in [2.45, 2.75) is 38.0 Å². The summed E-state index contributed by atoms with van der Waals surface area (Å²) in [5.74, 6) is -0.000222. The number of pyridine rings is 1. The topological polar surface area (TPSA) is 90.4 Å². The Morgan fingerprint density at radius 3 is 2.38 bits per heavy atom. The van der Waals surface area contributed by atoms with Crippen LogP contribution < -0.4 is 14.4 Å². The maximum Gasteiger partial charge on any atom is 0.415 e. The van der Waals surface area contributed by atoms with Crippen molar-refractivity contribution in [3.05, 3.63) is 116 Å². The Morgan fingerprint density at radius 1 is 1.00 bits per heavy atom. The lowest BCUT2D eigenvalue weighted by molar-refractivity contribution is -0.0311. The van der Waals surface area contributed by atoms with Crippen LogP contribution in [0.25, 0.3) is 0 Å². The average Bonchev–Trinajstić information content (AvgIpc) is 3.12. The van der Waals surface area contributed by atoms with E-state index in [-0.39, 0.29) is 36.2 Å². The lowest BCUT2D eigenvalue weighted by Gasteiger charge is -2.44. The minimum absolute atomic E-state index is 0.0675. The molecule has 4 aromatic rings. The fraction of sp³-hybridized carbons (Fsp3) is 0.324. The monoisotopic (exact) mass is 785 g/mol. The molecule has 9 nitrogen and oxygen atoms in total. The van der Waals surface area contributed by atoms with Crippen LogP contribution in [0.2, 0.25) is 10.0 Å². The minimum Gasteiger partial charge on any atom is -0.493 e. The zero-order chi connectivity index (χ0) is 35.4. The molecule has 3 aliphatic heterocycles. The largest absolute Gasteiger partial charge is 0.493 e. The average molecular weight is 788 g/mol. The predicted octanol–water partition coefficient (Wildman–Crippen LogP) is 8.69. The number of esters is 1. The molecule has 0 radical (unpaired) electrons. The normalized spacial score (nSPS) is 18.6. The molecule has 50 heavy (non-hydrogen) atoms. The molecule has 3 fully saturated rings. The van der Waals surface area contributed by atoms with Crippen molar-refractivity contribution in [3.63, 3.8) is 0 Å². The second-order valence-electron chi connectivity index (χ2n) is 12.2. The third-order valence-electron chi connectivity index (χ3n) is 9.12. The van der Waals surface area contributed by atoms with Crippen LogP contribution in [0.15, 0.2) is 77.5 Å². The van der Waals surface area contributed by atoms with Gasteiger partial charge < -0.3 is 18.9 Å². The molecule has 2 atom stereocenters. The standard InChI is InChI=1S/C37H35BrCl2FN3O6/c1-47-32-8-7-24(16-34(32)48-2)33(17-27-28(39)18-42-19-29(27)40)49-36(45)25-13-22(14-26(38)15-25)20-44(31-6-4-3-5-30(31)41)37(46)50-35-21-43-11-9-23(35)10-12-43/h3-8,13-16,18-19,23,33,35H,9-12,17,20-21H2,1-2H3/t33-,35-/m0/s1. The lowest BCUT2D eigenvalue weighted by atomic mass is 9.86. The zero-order valence-electron chi connectivity index (χ0n) is 27.4. The molecule has 0 aliphatic carbocycles. The van der Waals surface area contributed by atoms with Gasteiger partial charge in [0.2, 0.25) is 0 Å². The second-order valence-corrected chi connectivity index (χ2v) is 14.0. The number of amides is 1. The zero-order valence-corrected chi connectivity index (χ0v) is 30.5. The number of ether oxygens (including phenoxy) is 4. The molecule has 3 saturated heterocycles. The Bertz CT molecular complexity index is 1850. The quantitative estimate of drug-likeness (QED) is 0.140. The van der Waals surface area contributed by atoms with Gasteiger partial charge in [-0.05, 0) is 91.0 Å². The summed E-state index contributed by atoms with van der Waals surface area (Å²) in [7, 11) is 3.04. The third kappa shape index (κ3) is 8.18. The lowest BCUT2D eigenvalue weighted by Crippen LogP contribution is -2.53. The summed E-state index contributed by atoms with van der Waals surface area (Å²) in [5, 5.41) is 0.643. The van der Waals surface area contributed by atoms with Crippen LogP contribution in [-0.2, 0) is 22.4 Å². The molecular formula is C37H35BrCl2FN3O6. The molecule has 0 saturated carbocycles. The van der Waals surface area contributed by atoms with Crippen molar-refractivity contribution in [1.29, 1.82) is 0 Å². The van der Waals surface area contributed by atoms with Crippen LogP contribution in [0.1, 0.15) is 46.0 Å². The molecule has 2 bridgehead atoms. The molecule has 13 heteroatoms. The van der Waals surface area contributed by atoms with E-state index in [9.17, 15) is 9.59 Å². The summed E-state index contributed by atoms with van der Waals surface area (Å²) in [5.41, 5.74) is 1.97. The molecule has 3 aliphatic rings. The Labute approximate surface area is 308 Å². The van der Waals surface area contributed by atoms with Crippen molar-refractivity contribution < 1.29 is 32.9 Å². The van der Waals surface area contributed by atoms with E-state index in [4.69, 9.17) is 42.1 Å². The van der Waals surface area contributed by atoms with Gasteiger partial charge in [-0.2, -0.15) is 0 Å². The number of carbonyl (C=O) groups excluding carboxylic acids is 2. The predicted molar refractivity (Wildman–Crippen MR) is 192 cm³/mol. The number of fused-ring (bicyclic) bond motifs is 3. The Balaban J connectivity index is 1.28. The fourth-order valence-corrected chi connectivity index (χ4v) is 7.55. The van der Waals surface area contributed by atoms with E-state index < -0.39 is 24.0 Å². The van der Waals surface area contributed by atoms with Crippen LogP contribution in [0.4, 0.5) is 14.9 Å². The van der Waals surface area contributed by atoms with Gasteiger partial charge in [-0.3, -0.25) is 14.8 Å². The molecule has 0 spiro atoms. The van der Waals surface area contributed by atoms with Gasteiger partial charge in [0.25, 0.3) is 0 Å². The molecule has 1 amide bonds. The van der Waals surface area contributed by atoms with Gasteiger partial charge in [0.15, 0.2) is 11.5 Å². The van der Waals surface area contributed by atoms with Gasteiger partial charge in [-0.25, -0.2) is 14.0 Å². The summed E-state index contributed by atoms with van der Waals surface area (Å²) in [4.78, 5) is 35.2. The number of benzene rings is 3. The number of halogens is 4. The summed E-state index contributed by atoms with van der Waals surface area (Å²) >= 11 is 16.4. The first kappa shape index (κ1) is 35.9. The number of aromatic nitrogens is 1. The van der Waals surface area contributed by atoms with E-state index in [0.717, 1.165) is 25.9 Å². The summed E-state index contributed by atoms with van der Waals surface area (Å²) < 4.78 is 38.8. The van der Waals surface area contributed by atoms with Crippen molar-refractivity contribution in [2.75, 3.05) is 38.8 Å². The summed E-state index contributed by atoms with van der Waals surface area (Å²) in [6.45, 7) is 2.57. The number of nitrogens with zero attached hydrogens (tertiary/aromatic N) is 3. The van der Waals surface area contributed by atoms with Crippen molar-refractivity contribution in [1.82, 2.24) is 9.88 Å². The molecule has 7 rings (SSSR count). The second kappa shape index (κ2) is 16.0. The molecule has 3 aromatic carbocycles. The molecule has 0 N–H and O–H groups in total. The van der Waals surface area contributed by atoms with Gasteiger partial charge in [-0.15, -0.1) is 0 Å². The number of methoxy groups -OCH3 is 2. The molecular weight excluding hydrogens is 752 g/mol. The van der Waals surface area contributed by atoms with Gasteiger partial charge in [0, 0.05) is 29.8 Å². The molecule has 1 aromatic heterocycles. The SMILES string of the molecule is COc1ccc([C@H](Cc2c(Cl)cncc2Cl)OC(=O)c2cc(Br)cc(CN(C(=O)O[C@H]3CN4CCC3CC4)c3ccccc3F)c2)cc1OC. The minimum atomic E-state index is -0.853. The van der Waals surface area contributed by atoms with Crippen LogP contribution in [-0.4, -0.2) is 61.9 Å². The number of anilines is 1. The van der Waals surface area contributed by atoms with Crippen LogP contribution in [0.5, 0.6) is 11.5 Å². The Morgan fingerprint density at radius 2 is 1.72 bits per heavy atom. The number of hydrogen-bond donors (Lipinski definition) is 0. The Hall–Kier alpha value is -3.90. The molecule has 4 heterocycles. The maximum absolute atomic E-state index is 15.2. The van der Waals surface area contributed by atoms with Crippen LogP contribution >= 0.6 is 39.1 Å². The van der Waals surface area contributed by atoms with Crippen LogP contribution in [0, 0.1) is 11.7 Å². The maximum atomic E-state index is 15.2. The first-order chi connectivity index (χ1) is 24.1. The van der Waals surface area contributed by atoms with Gasteiger partial charge >= 0.3 is 12.1 Å². The first-order valence-electron chi connectivity index (χ1n) is 16.1. The molecule has 0 unspecified atom stereocenters. The van der Waals surface area contributed by atoms with Gasteiger partial charge in [0.1, 0.15) is 18.0 Å². The number of hydrogen-bond acceptors (Lipinski definition) is 8. The highest BCUT2D eigenvalue weighted by Gasteiger charge is 2.38. The van der Waals surface area contributed by atoms with Crippen molar-refractivity contribution in [3.8, 4) is 11.5 Å². The summed E-state index contributed by atoms with van der Waals surface area (Å²) in [6.07, 6.45) is 3.21. The number of para-hydroxylation sites is 1. The smallest absolute Gasteiger partial charge is 0.415 e. The van der Waals surface area contributed by atoms with E-state index in [1.807, 2.05) is 0 Å². The molecule has 262 valence electrons. The van der Waals surface area contributed by atoms with Gasteiger partial charge in [-0.1, -0.05) is 57.3 Å². The third-order valence-corrected chi connectivity index (χ3v) is 10.2. The number of carbonyl (C=O) groups is 2. The highest BCUT2D eigenvalue weighted by Crippen LogP contribution is 2.36. The fourth-order valence-electron chi connectivity index (χ4n) is 6.49.